The normalized spacial score (nSPS) is 22.2. The Kier molecular flexibility index (Phi) is 6.78. The molecule has 0 bridgehead atoms. The van der Waals surface area contributed by atoms with Gasteiger partial charge in [-0.05, 0) is 67.6 Å². The number of aryl methyl sites for hydroxylation is 1. The fraction of sp³-hybridized carbons (Fsp3) is 0.480. The molecule has 0 saturated carbocycles. The zero-order chi connectivity index (χ0) is 21.7. The van der Waals surface area contributed by atoms with E-state index >= 15 is 0 Å². The van der Waals surface area contributed by atoms with Crippen LogP contribution in [0.25, 0.3) is 0 Å². The number of ether oxygens (including phenoxy) is 2. The van der Waals surface area contributed by atoms with Gasteiger partial charge in [0.1, 0.15) is 12.4 Å². The quantitative estimate of drug-likeness (QED) is 0.771. The average Bonchev–Trinajstić information content (AvgIpc) is 2.84. The number of benzene rings is 2. The summed E-state index contributed by atoms with van der Waals surface area (Å²) >= 11 is 0. The number of carbonyl (C=O) groups is 1. The highest BCUT2D eigenvalue weighted by Crippen LogP contribution is 2.44. The van der Waals surface area contributed by atoms with Gasteiger partial charge in [0.2, 0.25) is 0 Å². The molecule has 2 saturated heterocycles. The van der Waals surface area contributed by atoms with Crippen molar-refractivity contribution in [3.05, 3.63) is 65.2 Å². The molecule has 2 aliphatic heterocycles. The summed E-state index contributed by atoms with van der Waals surface area (Å²) in [5.74, 6) is 1.15. The Hall–Kier alpha value is -2.57. The van der Waals surface area contributed by atoms with Gasteiger partial charge < -0.3 is 20.1 Å². The standard InChI is InChI=1S/C25H33N3O3/c1-19-8-9-22(30-2)16-23(19)25(21-10-12-26-13-11-21)18-27-14-15-28(25)24(29)31-17-20-6-4-3-5-7-20/h3-9,16,21,26-27H,10-15,17-18H2,1-2H3. The van der Waals surface area contributed by atoms with Crippen LogP contribution in [0.3, 0.4) is 0 Å². The van der Waals surface area contributed by atoms with Gasteiger partial charge in [-0.25, -0.2) is 4.79 Å². The maximum atomic E-state index is 13.5. The zero-order valence-corrected chi connectivity index (χ0v) is 18.5. The second kappa shape index (κ2) is 9.71. The predicted molar refractivity (Wildman–Crippen MR) is 121 cm³/mol. The van der Waals surface area contributed by atoms with Crippen molar-refractivity contribution in [3.63, 3.8) is 0 Å². The molecule has 2 aromatic rings. The number of methoxy groups -OCH3 is 1. The number of nitrogens with zero attached hydrogens (tertiary/aromatic N) is 1. The van der Waals surface area contributed by atoms with Gasteiger partial charge in [-0.2, -0.15) is 0 Å². The lowest BCUT2D eigenvalue weighted by Crippen LogP contribution is -2.65. The Morgan fingerprint density at radius 2 is 1.87 bits per heavy atom. The first-order chi connectivity index (χ1) is 15.1. The third kappa shape index (κ3) is 4.41. The monoisotopic (exact) mass is 423 g/mol. The number of rotatable bonds is 5. The largest absolute Gasteiger partial charge is 0.497 e. The van der Waals surface area contributed by atoms with E-state index in [9.17, 15) is 4.79 Å². The molecule has 1 unspecified atom stereocenters. The summed E-state index contributed by atoms with van der Waals surface area (Å²) in [7, 11) is 1.69. The molecule has 2 heterocycles. The van der Waals surface area contributed by atoms with E-state index in [0.29, 0.717) is 19.0 Å². The number of carbonyl (C=O) groups excluding carboxylic acids is 1. The molecule has 2 aliphatic rings. The van der Waals surface area contributed by atoms with E-state index in [0.717, 1.165) is 49.4 Å². The van der Waals surface area contributed by atoms with Crippen LogP contribution >= 0.6 is 0 Å². The van der Waals surface area contributed by atoms with Gasteiger partial charge in [0.25, 0.3) is 0 Å². The molecule has 0 radical (unpaired) electrons. The Balaban J connectivity index is 1.71. The maximum Gasteiger partial charge on any atom is 0.410 e. The lowest BCUT2D eigenvalue weighted by atomic mass is 9.70. The van der Waals surface area contributed by atoms with Crippen LogP contribution in [0.2, 0.25) is 0 Å². The van der Waals surface area contributed by atoms with Crippen molar-refractivity contribution in [2.75, 3.05) is 39.8 Å². The smallest absolute Gasteiger partial charge is 0.410 e. The summed E-state index contributed by atoms with van der Waals surface area (Å²) in [4.78, 5) is 15.5. The number of piperidine rings is 1. The predicted octanol–water partition coefficient (Wildman–Crippen LogP) is 3.44. The first-order valence-corrected chi connectivity index (χ1v) is 11.2. The topological polar surface area (TPSA) is 62.8 Å². The molecule has 1 amide bonds. The van der Waals surface area contributed by atoms with Crippen LogP contribution in [-0.2, 0) is 16.9 Å². The number of hydrogen-bond acceptors (Lipinski definition) is 5. The molecular weight excluding hydrogens is 390 g/mol. The SMILES string of the molecule is COc1ccc(C)c(C2(C3CCNCC3)CNCCN2C(=O)OCc2ccccc2)c1. The highest BCUT2D eigenvalue weighted by molar-refractivity contribution is 5.70. The number of hydrogen-bond donors (Lipinski definition) is 2. The molecule has 31 heavy (non-hydrogen) atoms. The first kappa shape index (κ1) is 21.7. The van der Waals surface area contributed by atoms with Gasteiger partial charge >= 0.3 is 6.09 Å². The highest BCUT2D eigenvalue weighted by atomic mass is 16.6. The van der Waals surface area contributed by atoms with Gasteiger partial charge in [-0.1, -0.05) is 36.4 Å². The molecule has 6 heteroatoms. The molecular formula is C25H33N3O3. The van der Waals surface area contributed by atoms with E-state index in [-0.39, 0.29) is 12.7 Å². The number of nitrogens with one attached hydrogen (secondary N) is 2. The van der Waals surface area contributed by atoms with Crippen molar-refractivity contribution < 1.29 is 14.3 Å². The van der Waals surface area contributed by atoms with Crippen molar-refractivity contribution in [2.24, 2.45) is 5.92 Å². The van der Waals surface area contributed by atoms with E-state index in [4.69, 9.17) is 9.47 Å². The van der Waals surface area contributed by atoms with Gasteiger partial charge in [0.15, 0.2) is 0 Å². The minimum atomic E-state index is -0.466. The van der Waals surface area contributed by atoms with Crippen molar-refractivity contribution in [2.45, 2.75) is 31.9 Å². The minimum Gasteiger partial charge on any atom is -0.497 e. The molecule has 6 nitrogen and oxygen atoms in total. The third-order valence-electron chi connectivity index (χ3n) is 6.74. The molecule has 166 valence electrons. The van der Waals surface area contributed by atoms with Crippen LogP contribution in [0.5, 0.6) is 5.75 Å². The Bertz CT molecular complexity index is 883. The van der Waals surface area contributed by atoms with E-state index in [1.54, 1.807) is 7.11 Å². The van der Waals surface area contributed by atoms with Crippen LogP contribution in [0.1, 0.15) is 29.5 Å². The Labute approximate surface area is 184 Å². The second-order valence-electron chi connectivity index (χ2n) is 8.50. The molecule has 0 aliphatic carbocycles. The Morgan fingerprint density at radius 3 is 2.61 bits per heavy atom. The fourth-order valence-electron chi connectivity index (χ4n) is 5.14. The summed E-state index contributed by atoms with van der Waals surface area (Å²) in [6, 6.07) is 16.1. The summed E-state index contributed by atoms with van der Waals surface area (Å²) in [6.07, 6.45) is 1.79. The third-order valence-corrected chi connectivity index (χ3v) is 6.74. The van der Waals surface area contributed by atoms with Gasteiger partial charge in [0.05, 0.1) is 12.6 Å². The van der Waals surface area contributed by atoms with Crippen LogP contribution in [0.15, 0.2) is 48.5 Å². The van der Waals surface area contributed by atoms with Crippen molar-refractivity contribution >= 4 is 6.09 Å². The summed E-state index contributed by atoms with van der Waals surface area (Å²) in [5.41, 5.74) is 2.86. The van der Waals surface area contributed by atoms with Crippen molar-refractivity contribution in [1.82, 2.24) is 15.5 Å². The van der Waals surface area contributed by atoms with E-state index in [2.05, 4.69) is 29.7 Å². The second-order valence-corrected chi connectivity index (χ2v) is 8.50. The van der Waals surface area contributed by atoms with Gasteiger partial charge in [0, 0.05) is 19.6 Å². The molecule has 2 N–H and O–H groups in total. The zero-order valence-electron chi connectivity index (χ0n) is 18.5. The maximum absolute atomic E-state index is 13.5. The molecule has 1 atom stereocenters. The molecule has 0 spiro atoms. The van der Waals surface area contributed by atoms with E-state index < -0.39 is 5.54 Å². The molecule has 2 aromatic carbocycles. The van der Waals surface area contributed by atoms with Crippen LogP contribution in [0, 0.1) is 12.8 Å². The van der Waals surface area contributed by atoms with Gasteiger partial charge in [-0.3, -0.25) is 4.90 Å². The Morgan fingerprint density at radius 1 is 1.10 bits per heavy atom. The lowest BCUT2D eigenvalue weighted by Gasteiger charge is -2.53. The average molecular weight is 424 g/mol. The summed E-state index contributed by atoms with van der Waals surface area (Å²) in [6.45, 7) is 6.42. The van der Waals surface area contributed by atoms with Crippen LogP contribution < -0.4 is 15.4 Å². The van der Waals surface area contributed by atoms with Crippen LogP contribution in [-0.4, -0.2) is 50.8 Å². The summed E-state index contributed by atoms with van der Waals surface area (Å²) < 4.78 is 11.4. The van der Waals surface area contributed by atoms with Crippen molar-refractivity contribution in [3.8, 4) is 5.75 Å². The minimum absolute atomic E-state index is 0.244. The number of amides is 1. The summed E-state index contributed by atoms with van der Waals surface area (Å²) in [5, 5.41) is 7.05. The van der Waals surface area contributed by atoms with Gasteiger partial charge in [-0.15, -0.1) is 0 Å². The van der Waals surface area contributed by atoms with E-state index in [1.807, 2.05) is 41.3 Å². The van der Waals surface area contributed by atoms with E-state index in [1.165, 1.54) is 5.56 Å². The molecule has 4 rings (SSSR count). The van der Waals surface area contributed by atoms with Crippen LogP contribution in [0.4, 0.5) is 4.79 Å². The number of piperazine rings is 1. The highest BCUT2D eigenvalue weighted by Gasteiger charge is 2.50. The molecule has 2 fully saturated rings. The molecule has 0 aromatic heterocycles. The first-order valence-electron chi connectivity index (χ1n) is 11.2. The van der Waals surface area contributed by atoms with Crippen molar-refractivity contribution in [1.29, 1.82) is 0 Å². The fourth-order valence-corrected chi connectivity index (χ4v) is 5.14. The lowest BCUT2D eigenvalue weighted by molar-refractivity contribution is -0.0120.